The lowest BCUT2D eigenvalue weighted by Gasteiger charge is -2.03. The van der Waals surface area contributed by atoms with Gasteiger partial charge in [-0.2, -0.15) is 0 Å². The van der Waals surface area contributed by atoms with Crippen LogP contribution in [0.3, 0.4) is 0 Å². The van der Waals surface area contributed by atoms with Crippen molar-refractivity contribution in [3.63, 3.8) is 0 Å². The second-order valence-electron chi connectivity index (χ2n) is 6.76. The molecule has 0 aromatic carbocycles. The summed E-state index contributed by atoms with van der Waals surface area (Å²) in [5, 5.41) is 0. The van der Waals surface area contributed by atoms with Gasteiger partial charge in [0, 0.05) is 6.42 Å². The van der Waals surface area contributed by atoms with Gasteiger partial charge >= 0.3 is 0 Å². The number of rotatable bonds is 19. The molecule has 130 valence electrons. The van der Waals surface area contributed by atoms with Gasteiger partial charge in [-0.25, -0.2) is 0 Å². The van der Waals surface area contributed by atoms with E-state index < -0.39 is 0 Å². The van der Waals surface area contributed by atoms with E-state index >= 15 is 0 Å². The SMILES string of the molecule is [CH2]CCCCCCCCCCCCCCCCCCC[C]=O. The summed E-state index contributed by atoms with van der Waals surface area (Å²) >= 11 is 0. The Morgan fingerprint density at radius 1 is 0.455 bits per heavy atom. The Kier molecular flexibility index (Phi) is 20.4. The smallest absolute Gasteiger partial charge is 0.198 e. The van der Waals surface area contributed by atoms with E-state index in [1.165, 1.54) is 103 Å². The lowest BCUT2D eigenvalue weighted by atomic mass is 10.0. The van der Waals surface area contributed by atoms with E-state index in [9.17, 15) is 4.79 Å². The molecule has 0 aliphatic carbocycles. The largest absolute Gasteiger partial charge is 0.291 e. The highest BCUT2D eigenvalue weighted by atomic mass is 16.1. The van der Waals surface area contributed by atoms with E-state index in [4.69, 9.17) is 0 Å². The molecule has 1 nitrogen and oxygen atoms in total. The van der Waals surface area contributed by atoms with Gasteiger partial charge in [-0.15, -0.1) is 0 Å². The van der Waals surface area contributed by atoms with Gasteiger partial charge in [-0.1, -0.05) is 116 Å². The highest BCUT2D eigenvalue weighted by Gasteiger charge is 1.95. The Morgan fingerprint density at radius 2 is 0.727 bits per heavy atom. The van der Waals surface area contributed by atoms with Crippen LogP contribution < -0.4 is 0 Å². The Morgan fingerprint density at radius 3 is 1.00 bits per heavy atom. The first kappa shape index (κ1) is 21.7. The molecule has 0 rings (SSSR count). The van der Waals surface area contributed by atoms with Crippen molar-refractivity contribution in [3.8, 4) is 0 Å². The maximum atomic E-state index is 10.0. The van der Waals surface area contributed by atoms with Crippen LogP contribution in [0.5, 0.6) is 0 Å². The van der Waals surface area contributed by atoms with Gasteiger partial charge in [0.2, 0.25) is 0 Å². The highest BCUT2D eigenvalue weighted by Crippen LogP contribution is 2.14. The van der Waals surface area contributed by atoms with Crippen LogP contribution in [0.4, 0.5) is 0 Å². The third-order valence-corrected chi connectivity index (χ3v) is 4.53. The molecule has 0 aromatic heterocycles. The van der Waals surface area contributed by atoms with Crippen molar-refractivity contribution in [3.05, 3.63) is 6.92 Å². The van der Waals surface area contributed by atoms with Gasteiger partial charge in [0.25, 0.3) is 0 Å². The Labute approximate surface area is 140 Å². The second kappa shape index (κ2) is 20.7. The highest BCUT2D eigenvalue weighted by molar-refractivity contribution is 5.50. The maximum Gasteiger partial charge on any atom is 0.198 e. The first-order valence-corrected chi connectivity index (χ1v) is 10.1. The summed E-state index contributed by atoms with van der Waals surface area (Å²) in [5.74, 6) is 0. The minimum Gasteiger partial charge on any atom is -0.291 e. The van der Waals surface area contributed by atoms with Crippen molar-refractivity contribution in [2.45, 2.75) is 122 Å². The van der Waals surface area contributed by atoms with Crippen LogP contribution in [0, 0.1) is 6.92 Å². The third-order valence-electron chi connectivity index (χ3n) is 4.53. The van der Waals surface area contributed by atoms with E-state index in [1.807, 2.05) is 6.29 Å². The fourth-order valence-electron chi connectivity index (χ4n) is 3.03. The van der Waals surface area contributed by atoms with Crippen molar-refractivity contribution in [2.24, 2.45) is 0 Å². The minimum absolute atomic E-state index is 0.635. The van der Waals surface area contributed by atoms with Crippen molar-refractivity contribution >= 4 is 6.29 Å². The third kappa shape index (κ3) is 19.7. The zero-order valence-electron chi connectivity index (χ0n) is 15.1. The molecule has 0 aliphatic rings. The summed E-state index contributed by atoms with van der Waals surface area (Å²) in [4.78, 5) is 10.0. The van der Waals surface area contributed by atoms with Crippen molar-refractivity contribution < 1.29 is 4.79 Å². The van der Waals surface area contributed by atoms with E-state index in [0.717, 1.165) is 12.8 Å². The molecular formula is C21H40O. The van der Waals surface area contributed by atoms with Gasteiger partial charge in [0.05, 0.1) is 0 Å². The van der Waals surface area contributed by atoms with Gasteiger partial charge in [0.1, 0.15) is 0 Å². The van der Waals surface area contributed by atoms with Crippen molar-refractivity contribution in [1.82, 2.24) is 0 Å². The number of carbonyl (C=O) groups excluding carboxylic acids is 1. The molecule has 0 aromatic rings. The van der Waals surface area contributed by atoms with Crippen LogP contribution in [-0.2, 0) is 4.79 Å². The van der Waals surface area contributed by atoms with Crippen LogP contribution in [0.25, 0.3) is 0 Å². The zero-order valence-corrected chi connectivity index (χ0v) is 15.1. The second-order valence-corrected chi connectivity index (χ2v) is 6.76. The maximum absolute atomic E-state index is 10.0. The van der Waals surface area contributed by atoms with Gasteiger partial charge in [-0.3, -0.25) is 4.79 Å². The number of hydrogen-bond donors (Lipinski definition) is 0. The van der Waals surface area contributed by atoms with E-state index in [0.29, 0.717) is 6.42 Å². The topological polar surface area (TPSA) is 17.1 Å². The standard InChI is InChI=1S/C21H40O/c1-2-3-4-5-6-7-8-9-10-11-12-13-14-15-16-17-18-19-20-21-22/h1-20H2. The average Bonchev–Trinajstić information content (AvgIpc) is 2.54. The average molecular weight is 309 g/mol. The minimum atomic E-state index is 0.635. The fourth-order valence-corrected chi connectivity index (χ4v) is 3.03. The fraction of sp³-hybridized carbons (Fsp3) is 0.905. The molecule has 0 spiro atoms. The molecular weight excluding hydrogens is 268 g/mol. The molecule has 22 heavy (non-hydrogen) atoms. The summed E-state index contributed by atoms with van der Waals surface area (Å²) in [6.45, 7) is 3.89. The van der Waals surface area contributed by atoms with E-state index in [2.05, 4.69) is 6.92 Å². The van der Waals surface area contributed by atoms with Crippen LogP contribution in [-0.4, -0.2) is 6.29 Å². The molecule has 0 N–H and O–H groups in total. The van der Waals surface area contributed by atoms with Crippen LogP contribution in [0.1, 0.15) is 122 Å². The molecule has 0 aliphatic heterocycles. The normalized spacial score (nSPS) is 11.0. The van der Waals surface area contributed by atoms with Crippen LogP contribution >= 0.6 is 0 Å². The molecule has 0 saturated heterocycles. The molecule has 0 atom stereocenters. The Balaban J connectivity index is 2.92. The van der Waals surface area contributed by atoms with Crippen molar-refractivity contribution in [1.29, 1.82) is 0 Å². The lowest BCUT2D eigenvalue weighted by molar-refractivity contribution is 0.523. The number of hydrogen-bond acceptors (Lipinski definition) is 1. The predicted octanol–water partition coefficient (Wildman–Crippen LogP) is 7.34. The van der Waals surface area contributed by atoms with E-state index in [-0.39, 0.29) is 0 Å². The molecule has 2 radical (unpaired) electrons. The monoisotopic (exact) mass is 308 g/mol. The Hall–Kier alpha value is -0.330. The van der Waals surface area contributed by atoms with Crippen LogP contribution in [0.15, 0.2) is 0 Å². The molecule has 0 bridgehead atoms. The first-order valence-electron chi connectivity index (χ1n) is 10.1. The lowest BCUT2D eigenvalue weighted by Crippen LogP contribution is -1.84. The van der Waals surface area contributed by atoms with Gasteiger partial charge < -0.3 is 0 Å². The molecule has 0 amide bonds. The summed E-state index contributed by atoms with van der Waals surface area (Å²) in [6.07, 6.45) is 27.1. The molecule has 0 fully saturated rings. The van der Waals surface area contributed by atoms with E-state index in [1.54, 1.807) is 0 Å². The summed E-state index contributed by atoms with van der Waals surface area (Å²) in [5.41, 5.74) is 0. The molecule has 0 saturated carbocycles. The van der Waals surface area contributed by atoms with Gasteiger partial charge in [0.15, 0.2) is 6.29 Å². The zero-order chi connectivity index (χ0) is 16.1. The van der Waals surface area contributed by atoms with Gasteiger partial charge in [-0.05, 0) is 6.42 Å². The summed E-state index contributed by atoms with van der Waals surface area (Å²) in [6, 6.07) is 0. The molecule has 1 heteroatoms. The number of unbranched alkanes of at least 4 members (excludes halogenated alkanes) is 18. The predicted molar refractivity (Wildman–Crippen MR) is 98.8 cm³/mol. The quantitative estimate of drug-likeness (QED) is 0.228. The summed E-state index contributed by atoms with van der Waals surface area (Å²) in [7, 11) is 0. The van der Waals surface area contributed by atoms with Crippen molar-refractivity contribution in [2.75, 3.05) is 0 Å². The molecule has 0 heterocycles. The molecule has 0 unspecified atom stereocenters. The summed E-state index contributed by atoms with van der Waals surface area (Å²) < 4.78 is 0. The first-order chi connectivity index (χ1) is 10.9. The van der Waals surface area contributed by atoms with Crippen LogP contribution in [0.2, 0.25) is 0 Å². The Bertz CT molecular complexity index is 200.